The van der Waals surface area contributed by atoms with Crippen LogP contribution in [0.5, 0.6) is 0 Å². The minimum Gasteiger partial charge on any atom is -0.465 e. The van der Waals surface area contributed by atoms with E-state index in [1.807, 2.05) is 6.92 Å². The van der Waals surface area contributed by atoms with Crippen molar-refractivity contribution in [2.45, 2.75) is 19.3 Å². The van der Waals surface area contributed by atoms with Crippen molar-refractivity contribution in [1.29, 1.82) is 0 Å². The first kappa shape index (κ1) is 13.7. The van der Waals surface area contributed by atoms with Gasteiger partial charge in [-0.15, -0.1) is 0 Å². The molecule has 0 aliphatic heterocycles. The molecule has 100 valence electrons. The summed E-state index contributed by atoms with van der Waals surface area (Å²) < 4.78 is 4.96. The van der Waals surface area contributed by atoms with Crippen LogP contribution in [0.2, 0.25) is 0 Å². The number of aromatic nitrogens is 2. The molecule has 18 heavy (non-hydrogen) atoms. The normalized spacial score (nSPS) is 10.3. The van der Waals surface area contributed by atoms with Crippen LogP contribution in [0.1, 0.15) is 24.6 Å². The molecule has 0 radical (unpaired) electrons. The van der Waals surface area contributed by atoms with Crippen LogP contribution in [0.25, 0.3) is 0 Å². The SMILES string of the molecule is CCc1noc(C(CNC(=O)O)CNC(=O)O)n1. The van der Waals surface area contributed by atoms with Crippen LogP contribution in [0, 0.1) is 0 Å². The zero-order valence-electron chi connectivity index (χ0n) is 9.71. The van der Waals surface area contributed by atoms with Crippen molar-refractivity contribution in [3.8, 4) is 0 Å². The van der Waals surface area contributed by atoms with Crippen molar-refractivity contribution >= 4 is 12.2 Å². The highest BCUT2D eigenvalue weighted by Gasteiger charge is 2.20. The molecule has 0 saturated carbocycles. The monoisotopic (exact) mass is 258 g/mol. The van der Waals surface area contributed by atoms with Crippen molar-refractivity contribution in [2.24, 2.45) is 0 Å². The van der Waals surface area contributed by atoms with Gasteiger partial charge in [-0.25, -0.2) is 9.59 Å². The topological polar surface area (TPSA) is 138 Å². The molecule has 0 spiro atoms. The van der Waals surface area contributed by atoms with E-state index in [0.29, 0.717) is 12.2 Å². The summed E-state index contributed by atoms with van der Waals surface area (Å²) in [5.41, 5.74) is 0. The lowest BCUT2D eigenvalue weighted by atomic mass is 10.1. The maximum Gasteiger partial charge on any atom is 0.404 e. The number of nitrogens with zero attached hydrogens (tertiary/aromatic N) is 2. The Labute approximate surface area is 102 Å². The van der Waals surface area contributed by atoms with E-state index in [9.17, 15) is 9.59 Å². The van der Waals surface area contributed by atoms with E-state index in [-0.39, 0.29) is 19.0 Å². The van der Waals surface area contributed by atoms with Crippen LogP contribution in [0.4, 0.5) is 9.59 Å². The zero-order valence-corrected chi connectivity index (χ0v) is 9.71. The Balaban J connectivity index is 2.68. The van der Waals surface area contributed by atoms with E-state index >= 15 is 0 Å². The Kier molecular flexibility index (Phi) is 4.90. The number of amides is 2. The standard InChI is InChI=1S/C9H14N4O5/c1-2-6-12-7(18-13-6)5(3-10-8(14)15)4-11-9(16)17/h5,10-11H,2-4H2,1H3,(H,14,15)(H,16,17). The van der Waals surface area contributed by atoms with Gasteiger partial charge in [-0.3, -0.25) is 0 Å². The number of rotatable bonds is 6. The van der Waals surface area contributed by atoms with E-state index < -0.39 is 18.1 Å². The van der Waals surface area contributed by atoms with Crippen LogP contribution in [0.3, 0.4) is 0 Å². The highest BCUT2D eigenvalue weighted by atomic mass is 16.5. The molecule has 0 aliphatic carbocycles. The van der Waals surface area contributed by atoms with Crippen LogP contribution in [0.15, 0.2) is 4.52 Å². The van der Waals surface area contributed by atoms with Crippen molar-refractivity contribution in [1.82, 2.24) is 20.8 Å². The van der Waals surface area contributed by atoms with Gasteiger partial charge in [-0.1, -0.05) is 12.1 Å². The van der Waals surface area contributed by atoms with E-state index in [2.05, 4.69) is 20.8 Å². The first-order valence-corrected chi connectivity index (χ1v) is 5.29. The summed E-state index contributed by atoms with van der Waals surface area (Å²) in [7, 11) is 0. The van der Waals surface area contributed by atoms with Crippen LogP contribution < -0.4 is 10.6 Å². The lowest BCUT2D eigenvalue weighted by Crippen LogP contribution is -2.34. The second-order valence-corrected chi connectivity index (χ2v) is 3.47. The summed E-state index contributed by atoms with van der Waals surface area (Å²) in [6, 6.07) is 0. The van der Waals surface area contributed by atoms with Gasteiger partial charge in [0.05, 0.1) is 5.92 Å². The van der Waals surface area contributed by atoms with E-state index in [1.165, 1.54) is 0 Å². The number of carbonyl (C=O) groups is 2. The molecule has 0 fully saturated rings. The van der Waals surface area contributed by atoms with Crippen LogP contribution in [-0.2, 0) is 6.42 Å². The number of aryl methyl sites for hydroxylation is 1. The molecule has 0 saturated heterocycles. The Morgan fingerprint density at radius 1 is 1.28 bits per heavy atom. The van der Waals surface area contributed by atoms with Gasteiger partial charge < -0.3 is 25.4 Å². The molecule has 9 nitrogen and oxygen atoms in total. The maximum atomic E-state index is 10.4. The first-order chi connectivity index (χ1) is 8.52. The zero-order chi connectivity index (χ0) is 13.5. The fraction of sp³-hybridized carbons (Fsp3) is 0.556. The predicted molar refractivity (Wildman–Crippen MR) is 58.5 cm³/mol. The summed E-state index contributed by atoms with van der Waals surface area (Å²) in [6.45, 7) is 1.82. The van der Waals surface area contributed by atoms with E-state index in [0.717, 1.165) is 0 Å². The molecule has 4 N–H and O–H groups in total. The van der Waals surface area contributed by atoms with Gasteiger partial charge in [0.1, 0.15) is 0 Å². The third-order valence-corrected chi connectivity index (χ3v) is 2.15. The molecule has 0 aliphatic rings. The minimum atomic E-state index is -1.20. The Bertz CT molecular complexity index is 401. The molecule has 0 atom stereocenters. The molecule has 1 aromatic rings. The fourth-order valence-electron chi connectivity index (χ4n) is 1.24. The molecule has 0 aromatic carbocycles. The van der Waals surface area contributed by atoms with E-state index in [1.54, 1.807) is 0 Å². The second-order valence-electron chi connectivity index (χ2n) is 3.47. The summed E-state index contributed by atoms with van der Waals surface area (Å²) in [6.07, 6.45) is -1.83. The summed E-state index contributed by atoms with van der Waals surface area (Å²) in [5, 5.41) is 25.0. The first-order valence-electron chi connectivity index (χ1n) is 5.29. The summed E-state index contributed by atoms with van der Waals surface area (Å²) in [5.74, 6) is 0.153. The number of hydrogen-bond acceptors (Lipinski definition) is 5. The molecular weight excluding hydrogens is 244 g/mol. The number of hydrogen-bond donors (Lipinski definition) is 4. The molecule has 9 heteroatoms. The predicted octanol–water partition coefficient (Wildman–Crippen LogP) is 0.251. The summed E-state index contributed by atoms with van der Waals surface area (Å²) >= 11 is 0. The lowest BCUT2D eigenvalue weighted by molar-refractivity contribution is 0.190. The van der Waals surface area contributed by atoms with E-state index in [4.69, 9.17) is 14.7 Å². The summed E-state index contributed by atoms with van der Waals surface area (Å²) in [4.78, 5) is 24.9. The Hall–Kier alpha value is -2.32. The lowest BCUT2D eigenvalue weighted by Gasteiger charge is -2.11. The molecule has 0 unspecified atom stereocenters. The van der Waals surface area contributed by atoms with Crippen molar-refractivity contribution in [2.75, 3.05) is 13.1 Å². The van der Waals surface area contributed by atoms with Gasteiger partial charge in [-0.05, 0) is 0 Å². The fourth-order valence-corrected chi connectivity index (χ4v) is 1.24. The quantitative estimate of drug-likeness (QED) is 0.573. The highest BCUT2D eigenvalue weighted by molar-refractivity contribution is 5.65. The largest absolute Gasteiger partial charge is 0.465 e. The highest BCUT2D eigenvalue weighted by Crippen LogP contribution is 2.12. The third-order valence-electron chi connectivity index (χ3n) is 2.15. The number of nitrogens with one attached hydrogen (secondary N) is 2. The molecule has 1 aromatic heterocycles. The Morgan fingerprint density at radius 3 is 2.22 bits per heavy atom. The maximum absolute atomic E-state index is 10.4. The van der Waals surface area contributed by atoms with Gasteiger partial charge in [-0.2, -0.15) is 4.98 Å². The van der Waals surface area contributed by atoms with Gasteiger partial charge in [0.25, 0.3) is 0 Å². The van der Waals surface area contributed by atoms with Gasteiger partial charge >= 0.3 is 12.2 Å². The van der Waals surface area contributed by atoms with Gasteiger partial charge in [0.15, 0.2) is 5.82 Å². The average molecular weight is 258 g/mol. The van der Waals surface area contributed by atoms with Crippen molar-refractivity contribution < 1.29 is 24.3 Å². The third kappa shape index (κ3) is 4.28. The van der Waals surface area contributed by atoms with Crippen LogP contribution >= 0.6 is 0 Å². The second kappa shape index (κ2) is 6.42. The molecule has 1 rings (SSSR count). The van der Waals surface area contributed by atoms with Crippen molar-refractivity contribution in [3.63, 3.8) is 0 Å². The molecular formula is C9H14N4O5. The Morgan fingerprint density at radius 2 is 1.83 bits per heavy atom. The molecule has 1 heterocycles. The molecule has 2 amide bonds. The van der Waals surface area contributed by atoms with Gasteiger partial charge in [0, 0.05) is 19.5 Å². The smallest absolute Gasteiger partial charge is 0.404 e. The van der Waals surface area contributed by atoms with Crippen molar-refractivity contribution in [3.05, 3.63) is 11.7 Å². The minimum absolute atomic E-state index is 0.0129. The van der Waals surface area contributed by atoms with Crippen LogP contribution in [-0.4, -0.2) is 45.6 Å². The average Bonchev–Trinajstić information content (AvgIpc) is 2.77. The van der Waals surface area contributed by atoms with Gasteiger partial charge in [0.2, 0.25) is 5.89 Å². The number of carboxylic acid groups (broad SMARTS) is 2. The molecule has 0 bridgehead atoms.